The molecule has 0 aliphatic heterocycles. The summed E-state index contributed by atoms with van der Waals surface area (Å²) in [5.41, 5.74) is 4.12. The molecule has 0 atom stereocenters. The highest BCUT2D eigenvalue weighted by Crippen LogP contribution is 2.26. The molecule has 4 aromatic rings. The number of thioether (sulfide) groups is 1. The summed E-state index contributed by atoms with van der Waals surface area (Å²) in [6.07, 6.45) is 0. The van der Waals surface area contributed by atoms with Crippen LogP contribution in [0.4, 0.5) is 5.13 Å². The number of fused-ring (bicyclic) bond motifs is 1. The van der Waals surface area contributed by atoms with Crippen molar-refractivity contribution in [2.75, 3.05) is 11.1 Å². The number of carbonyl (C=O) groups excluding carboxylic acids is 1. The SMILES string of the molecule is Cc1ccc(-n2nnnc2SCC(=O)Nc2nc3ccccc3s2)cc1C. The maximum absolute atomic E-state index is 12.3. The second-order valence-electron chi connectivity index (χ2n) is 5.97. The molecule has 2 aromatic carbocycles. The second-order valence-corrected chi connectivity index (χ2v) is 7.94. The monoisotopic (exact) mass is 396 g/mol. The van der Waals surface area contributed by atoms with Crippen molar-refractivity contribution in [2.24, 2.45) is 0 Å². The molecule has 0 saturated carbocycles. The van der Waals surface area contributed by atoms with Crippen LogP contribution in [0.3, 0.4) is 0 Å². The molecule has 0 spiro atoms. The van der Waals surface area contributed by atoms with Gasteiger partial charge in [-0.2, -0.15) is 4.68 Å². The average molecular weight is 397 g/mol. The smallest absolute Gasteiger partial charge is 0.236 e. The van der Waals surface area contributed by atoms with Crippen molar-refractivity contribution in [1.29, 1.82) is 0 Å². The molecule has 7 nitrogen and oxygen atoms in total. The highest BCUT2D eigenvalue weighted by atomic mass is 32.2. The summed E-state index contributed by atoms with van der Waals surface area (Å²) in [7, 11) is 0. The Morgan fingerprint density at radius 3 is 2.85 bits per heavy atom. The van der Waals surface area contributed by atoms with Gasteiger partial charge in [0.15, 0.2) is 5.13 Å². The number of thiazole rings is 1. The first-order valence-corrected chi connectivity index (χ1v) is 10.0. The van der Waals surface area contributed by atoms with Gasteiger partial charge in [0.2, 0.25) is 11.1 Å². The Morgan fingerprint density at radius 2 is 2.04 bits per heavy atom. The number of aryl methyl sites for hydroxylation is 2. The average Bonchev–Trinajstić information content (AvgIpc) is 3.28. The molecule has 0 bridgehead atoms. The molecule has 2 aromatic heterocycles. The summed E-state index contributed by atoms with van der Waals surface area (Å²) >= 11 is 2.74. The van der Waals surface area contributed by atoms with Gasteiger partial charge in [-0.1, -0.05) is 41.3 Å². The summed E-state index contributed by atoms with van der Waals surface area (Å²) < 4.78 is 2.68. The molecule has 2 heterocycles. The van der Waals surface area contributed by atoms with E-state index in [0.29, 0.717) is 10.3 Å². The summed E-state index contributed by atoms with van der Waals surface area (Å²) in [4.78, 5) is 16.7. The molecule has 0 aliphatic rings. The van der Waals surface area contributed by atoms with Gasteiger partial charge < -0.3 is 5.32 Å². The lowest BCUT2D eigenvalue weighted by Crippen LogP contribution is -2.14. The number of hydrogen-bond acceptors (Lipinski definition) is 7. The van der Waals surface area contributed by atoms with Gasteiger partial charge in [-0.3, -0.25) is 4.79 Å². The summed E-state index contributed by atoms with van der Waals surface area (Å²) in [6.45, 7) is 4.10. The van der Waals surface area contributed by atoms with E-state index < -0.39 is 0 Å². The van der Waals surface area contributed by atoms with Crippen LogP contribution in [0.2, 0.25) is 0 Å². The number of anilines is 1. The van der Waals surface area contributed by atoms with E-state index in [1.165, 1.54) is 28.7 Å². The first-order chi connectivity index (χ1) is 13.1. The molecule has 1 amide bonds. The van der Waals surface area contributed by atoms with Crippen molar-refractivity contribution in [1.82, 2.24) is 25.2 Å². The third-order valence-electron chi connectivity index (χ3n) is 4.05. The molecule has 0 fully saturated rings. The fourth-order valence-electron chi connectivity index (χ4n) is 2.50. The van der Waals surface area contributed by atoms with E-state index >= 15 is 0 Å². The predicted molar refractivity (Wildman–Crippen MR) is 108 cm³/mol. The Kier molecular flexibility index (Phi) is 4.87. The minimum absolute atomic E-state index is 0.145. The van der Waals surface area contributed by atoms with E-state index in [9.17, 15) is 4.79 Å². The van der Waals surface area contributed by atoms with Crippen molar-refractivity contribution in [3.05, 3.63) is 53.6 Å². The lowest BCUT2D eigenvalue weighted by Gasteiger charge is -2.06. The van der Waals surface area contributed by atoms with Crippen LogP contribution in [0.1, 0.15) is 11.1 Å². The number of tetrazole rings is 1. The molecule has 0 saturated heterocycles. The summed E-state index contributed by atoms with van der Waals surface area (Å²) in [5.74, 6) is 0.0508. The van der Waals surface area contributed by atoms with Crippen molar-refractivity contribution in [3.63, 3.8) is 0 Å². The highest BCUT2D eigenvalue weighted by Gasteiger charge is 2.13. The topological polar surface area (TPSA) is 85.6 Å². The van der Waals surface area contributed by atoms with E-state index in [-0.39, 0.29) is 11.7 Å². The van der Waals surface area contributed by atoms with Gasteiger partial charge in [0, 0.05) is 0 Å². The highest BCUT2D eigenvalue weighted by molar-refractivity contribution is 7.99. The van der Waals surface area contributed by atoms with Gasteiger partial charge >= 0.3 is 0 Å². The standard InChI is InChI=1S/C18H16N6OS2/c1-11-7-8-13(9-12(11)2)24-18(21-22-23-24)26-10-16(25)20-17-19-14-5-3-4-6-15(14)27-17/h3-9H,10H2,1-2H3,(H,19,20,25). The van der Waals surface area contributed by atoms with Crippen LogP contribution in [-0.2, 0) is 4.79 Å². The van der Waals surface area contributed by atoms with E-state index in [0.717, 1.165) is 21.5 Å². The number of benzene rings is 2. The van der Waals surface area contributed by atoms with E-state index in [4.69, 9.17) is 0 Å². The lowest BCUT2D eigenvalue weighted by molar-refractivity contribution is -0.113. The van der Waals surface area contributed by atoms with Crippen LogP contribution in [-0.4, -0.2) is 36.9 Å². The van der Waals surface area contributed by atoms with Gasteiger partial charge in [0.25, 0.3) is 0 Å². The van der Waals surface area contributed by atoms with E-state index in [1.54, 1.807) is 4.68 Å². The normalized spacial score (nSPS) is 11.0. The molecular formula is C18H16N6OS2. The number of nitrogens with zero attached hydrogens (tertiary/aromatic N) is 5. The van der Waals surface area contributed by atoms with Crippen LogP contribution in [0, 0.1) is 13.8 Å². The van der Waals surface area contributed by atoms with E-state index in [1.807, 2.05) is 49.4 Å². The second kappa shape index (κ2) is 7.45. The Hall–Kier alpha value is -2.78. The molecule has 27 heavy (non-hydrogen) atoms. The van der Waals surface area contributed by atoms with Gasteiger partial charge in [-0.25, -0.2) is 4.98 Å². The summed E-state index contributed by atoms with van der Waals surface area (Å²) in [6, 6.07) is 13.8. The zero-order valence-electron chi connectivity index (χ0n) is 14.7. The largest absolute Gasteiger partial charge is 0.301 e. The number of carbonyl (C=O) groups is 1. The zero-order chi connectivity index (χ0) is 18.8. The summed E-state index contributed by atoms with van der Waals surface area (Å²) in [5, 5.41) is 15.8. The third kappa shape index (κ3) is 3.83. The maximum Gasteiger partial charge on any atom is 0.236 e. The van der Waals surface area contributed by atoms with Crippen LogP contribution in [0.15, 0.2) is 47.6 Å². The lowest BCUT2D eigenvalue weighted by atomic mass is 10.1. The number of hydrogen-bond donors (Lipinski definition) is 1. The molecule has 0 unspecified atom stereocenters. The number of amides is 1. The van der Waals surface area contributed by atoms with Crippen LogP contribution in [0.5, 0.6) is 0 Å². The number of nitrogens with one attached hydrogen (secondary N) is 1. The van der Waals surface area contributed by atoms with Gasteiger partial charge in [-0.05, 0) is 59.7 Å². The number of aromatic nitrogens is 5. The third-order valence-corrected chi connectivity index (χ3v) is 5.92. The molecule has 1 N–H and O–H groups in total. The predicted octanol–water partition coefficient (Wildman–Crippen LogP) is 3.62. The van der Waals surface area contributed by atoms with Crippen molar-refractivity contribution < 1.29 is 4.79 Å². The first kappa shape index (κ1) is 17.6. The maximum atomic E-state index is 12.3. The first-order valence-electron chi connectivity index (χ1n) is 8.24. The van der Waals surface area contributed by atoms with Crippen LogP contribution >= 0.6 is 23.1 Å². The fourth-order valence-corrected chi connectivity index (χ4v) is 4.07. The molecule has 136 valence electrons. The van der Waals surface area contributed by atoms with Crippen molar-refractivity contribution in [3.8, 4) is 5.69 Å². The van der Waals surface area contributed by atoms with Gasteiger partial charge in [-0.15, -0.1) is 5.10 Å². The minimum atomic E-state index is -0.145. The van der Waals surface area contributed by atoms with Crippen LogP contribution in [0.25, 0.3) is 15.9 Å². The molecule has 0 radical (unpaired) electrons. The Bertz CT molecular complexity index is 1090. The quantitative estimate of drug-likeness (QED) is 0.519. The molecule has 4 rings (SSSR count). The Morgan fingerprint density at radius 1 is 1.19 bits per heavy atom. The Labute approximate surface area is 163 Å². The van der Waals surface area contributed by atoms with Crippen molar-refractivity contribution in [2.45, 2.75) is 19.0 Å². The molecule has 9 heteroatoms. The Balaban J connectivity index is 1.43. The van der Waals surface area contributed by atoms with Crippen molar-refractivity contribution >= 4 is 44.4 Å². The number of rotatable bonds is 5. The van der Waals surface area contributed by atoms with E-state index in [2.05, 4.69) is 32.7 Å². The van der Waals surface area contributed by atoms with Gasteiger partial charge in [0.05, 0.1) is 21.7 Å². The van der Waals surface area contributed by atoms with Crippen LogP contribution < -0.4 is 5.32 Å². The minimum Gasteiger partial charge on any atom is -0.301 e. The molecule has 0 aliphatic carbocycles. The molecular weight excluding hydrogens is 380 g/mol. The van der Waals surface area contributed by atoms with Gasteiger partial charge in [0.1, 0.15) is 0 Å². The number of para-hydroxylation sites is 1. The fraction of sp³-hybridized carbons (Fsp3) is 0.167. The zero-order valence-corrected chi connectivity index (χ0v) is 16.3.